The maximum Gasteiger partial charge on any atom is 0.261 e. The molecular weight excluding hydrogens is 416 g/mol. The minimum Gasteiger partial charge on any atom is -0.280 e. The van der Waals surface area contributed by atoms with E-state index in [9.17, 15) is 8.42 Å². The summed E-state index contributed by atoms with van der Waals surface area (Å²) in [6.45, 7) is 2.11. The second-order valence-electron chi connectivity index (χ2n) is 6.70. The highest BCUT2D eigenvalue weighted by Gasteiger charge is 2.15. The van der Waals surface area contributed by atoms with Crippen LogP contribution in [0, 0.1) is 4.77 Å². The van der Waals surface area contributed by atoms with Crippen LogP contribution in [0.2, 0.25) is 0 Å². The highest BCUT2D eigenvalue weighted by atomic mass is 32.2. The molecule has 0 unspecified atom stereocenters. The number of rotatable bonds is 6. The van der Waals surface area contributed by atoms with E-state index >= 15 is 0 Å². The van der Waals surface area contributed by atoms with Crippen LogP contribution in [0.5, 0.6) is 0 Å². The number of sulfonamides is 1. The molecule has 0 radical (unpaired) electrons. The van der Waals surface area contributed by atoms with Crippen molar-refractivity contribution in [3.63, 3.8) is 0 Å². The number of H-pyrrole nitrogens is 1. The Bertz CT molecular complexity index is 1310. The van der Waals surface area contributed by atoms with Gasteiger partial charge in [0.25, 0.3) is 10.0 Å². The minimum atomic E-state index is -3.64. The molecule has 0 bridgehead atoms. The molecule has 0 aliphatic heterocycles. The average molecular weight is 437 g/mol. The summed E-state index contributed by atoms with van der Waals surface area (Å²) in [4.78, 5) is 0.213. The van der Waals surface area contributed by atoms with Crippen molar-refractivity contribution in [3.05, 3.63) is 89.2 Å². The minimum absolute atomic E-state index is 0.213. The molecule has 3 aromatic carbocycles. The summed E-state index contributed by atoms with van der Waals surface area (Å²) in [6, 6.07) is 23.4. The van der Waals surface area contributed by atoms with Crippen molar-refractivity contribution < 1.29 is 8.42 Å². The molecule has 2 N–H and O–H groups in total. The van der Waals surface area contributed by atoms with Gasteiger partial charge in [-0.25, -0.2) is 8.42 Å². The van der Waals surface area contributed by atoms with E-state index in [2.05, 4.69) is 34.0 Å². The third-order valence-corrected chi connectivity index (χ3v) is 6.40. The summed E-state index contributed by atoms with van der Waals surface area (Å²) in [5.41, 5.74) is 3.43. The predicted molar refractivity (Wildman–Crippen MR) is 121 cm³/mol. The highest BCUT2D eigenvalue weighted by molar-refractivity contribution is 7.92. The van der Waals surface area contributed by atoms with E-state index in [1.807, 2.05) is 28.8 Å². The lowest BCUT2D eigenvalue weighted by molar-refractivity contribution is 0.601. The molecule has 4 rings (SSSR count). The lowest BCUT2D eigenvalue weighted by atomic mass is 10.1. The Balaban J connectivity index is 1.63. The molecule has 0 atom stereocenters. The van der Waals surface area contributed by atoms with E-state index in [4.69, 9.17) is 12.2 Å². The second-order valence-corrected chi connectivity index (χ2v) is 8.77. The largest absolute Gasteiger partial charge is 0.280 e. The Labute approximate surface area is 180 Å². The highest BCUT2D eigenvalue weighted by Crippen LogP contribution is 2.24. The van der Waals surface area contributed by atoms with E-state index in [0.29, 0.717) is 16.3 Å². The van der Waals surface area contributed by atoms with E-state index in [1.54, 1.807) is 42.5 Å². The number of nitrogens with zero attached hydrogens (tertiary/aromatic N) is 2. The normalized spacial score (nSPS) is 11.4. The molecule has 0 aliphatic carbocycles. The molecule has 30 heavy (non-hydrogen) atoms. The number of nitrogens with one attached hydrogen (secondary N) is 2. The van der Waals surface area contributed by atoms with Gasteiger partial charge in [0.2, 0.25) is 0 Å². The molecule has 0 saturated heterocycles. The number of hydrogen-bond donors (Lipinski definition) is 2. The van der Waals surface area contributed by atoms with Crippen LogP contribution in [0.3, 0.4) is 0 Å². The molecule has 0 aliphatic rings. The lowest BCUT2D eigenvalue weighted by Gasteiger charge is -2.10. The van der Waals surface area contributed by atoms with E-state index < -0.39 is 10.0 Å². The Morgan fingerprint density at radius 3 is 2.27 bits per heavy atom. The van der Waals surface area contributed by atoms with Crippen molar-refractivity contribution in [2.24, 2.45) is 0 Å². The van der Waals surface area contributed by atoms with Gasteiger partial charge in [0.15, 0.2) is 10.6 Å². The molecule has 0 spiro atoms. The van der Waals surface area contributed by atoms with Crippen LogP contribution in [-0.4, -0.2) is 23.2 Å². The van der Waals surface area contributed by atoms with Gasteiger partial charge in [-0.2, -0.15) is 5.10 Å². The van der Waals surface area contributed by atoms with Crippen LogP contribution in [0.15, 0.2) is 83.8 Å². The van der Waals surface area contributed by atoms with E-state index in [-0.39, 0.29) is 4.90 Å². The summed E-state index contributed by atoms with van der Waals surface area (Å²) >= 11 is 5.42. The van der Waals surface area contributed by atoms with Crippen LogP contribution < -0.4 is 4.72 Å². The number of aromatic amines is 1. The fourth-order valence-corrected chi connectivity index (χ4v) is 4.43. The van der Waals surface area contributed by atoms with Crippen molar-refractivity contribution >= 4 is 27.9 Å². The number of aromatic nitrogens is 3. The van der Waals surface area contributed by atoms with Crippen LogP contribution in [0.1, 0.15) is 12.5 Å². The van der Waals surface area contributed by atoms with Crippen molar-refractivity contribution in [1.29, 1.82) is 0 Å². The van der Waals surface area contributed by atoms with Crippen LogP contribution >= 0.6 is 12.2 Å². The molecule has 0 fully saturated rings. The smallest absolute Gasteiger partial charge is 0.261 e. The van der Waals surface area contributed by atoms with E-state index in [0.717, 1.165) is 17.7 Å². The summed E-state index contributed by atoms with van der Waals surface area (Å²) in [6.07, 6.45) is 0.963. The van der Waals surface area contributed by atoms with Gasteiger partial charge in [0.1, 0.15) is 0 Å². The van der Waals surface area contributed by atoms with Gasteiger partial charge in [0.05, 0.1) is 4.90 Å². The molecule has 1 heterocycles. The Kier molecular flexibility index (Phi) is 5.52. The number of hydrogen-bond acceptors (Lipinski definition) is 4. The molecule has 4 aromatic rings. The quantitative estimate of drug-likeness (QED) is 0.419. The summed E-state index contributed by atoms with van der Waals surface area (Å²) in [5, 5.41) is 7.21. The van der Waals surface area contributed by atoms with Gasteiger partial charge in [0, 0.05) is 16.9 Å². The number of anilines is 1. The zero-order valence-electron chi connectivity index (χ0n) is 16.2. The molecule has 0 amide bonds. The Hall–Kier alpha value is -3.23. The first kappa shape index (κ1) is 20.1. The third-order valence-electron chi connectivity index (χ3n) is 4.72. The van der Waals surface area contributed by atoms with Crippen molar-refractivity contribution in [3.8, 4) is 17.1 Å². The topological polar surface area (TPSA) is 79.8 Å². The number of aryl methyl sites for hydroxylation is 1. The van der Waals surface area contributed by atoms with Crippen molar-refractivity contribution in [2.45, 2.75) is 18.2 Å². The van der Waals surface area contributed by atoms with Crippen LogP contribution in [0.4, 0.5) is 5.69 Å². The molecule has 152 valence electrons. The van der Waals surface area contributed by atoms with Crippen molar-refractivity contribution in [2.75, 3.05) is 4.72 Å². The summed E-state index contributed by atoms with van der Waals surface area (Å²) < 4.78 is 30.0. The molecule has 6 nitrogen and oxygen atoms in total. The van der Waals surface area contributed by atoms with Gasteiger partial charge in [-0.15, -0.1) is 0 Å². The zero-order valence-corrected chi connectivity index (χ0v) is 17.9. The Morgan fingerprint density at radius 2 is 1.63 bits per heavy atom. The molecule has 0 saturated carbocycles. The van der Waals surface area contributed by atoms with Gasteiger partial charge in [-0.05, 0) is 72.7 Å². The fourth-order valence-electron chi connectivity index (χ4n) is 3.11. The number of benzene rings is 3. The first-order chi connectivity index (χ1) is 14.5. The third kappa shape index (κ3) is 4.05. The second kappa shape index (κ2) is 8.25. The maximum absolute atomic E-state index is 12.5. The van der Waals surface area contributed by atoms with Gasteiger partial charge in [-0.1, -0.05) is 37.3 Å². The summed E-state index contributed by atoms with van der Waals surface area (Å²) in [7, 11) is -3.64. The predicted octanol–water partition coefficient (Wildman–Crippen LogP) is 4.96. The molecule has 1 aromatic heterocycles. The van der Waals surface area contributed by atoms with E-state index in [1.165, 1.54) is 5.56 Å². The first-order valence-electron chi connectivity index (χ1n) is 9.43. The average Bonchev–Trinajstić information content (AvgIpc) is 3.16. The standard InChI is InChI=1S/C22H20N4O2S2/c1-2-16-8-14-19(15-9-16)26-21(23-24-22(26)29)17-10-12-18(13-11-17)25-30(27,28)20-6-4-3-5-7-20/h3-15,25H,2H2,1H3,(H,24,29). The van der Waals surface area contributed by atoms with Crippen molar-refractivity contribution in [1.82, 2.24) is 14.8 Å². The first-order valence-corrected chi connectivity index (χ1v) is 11.3. The summed E-state index contributed by atoms with van der Waals surface area (Å²) in [5.74, 6) is 0.654. The SMILES string of the molecule is CCc1ccc(-n2c(-c3ccc(NS(=O)(=O)c4ccccc4)cc3)n[nH]c2=S)cc1. The van der Waals surface area contributed by atoms with Gasteiger partial charge >= 0.3 is 0 Å². The van der Waals surface area contributed by atoms with Gasteiger partial charge < -0.3 is 0 Å². The lowest BCUT2D eigenvalue weighted by Crippen LogP contribution is -2.12. The monoisotopic (exact) mass is 436 g/mol. The molecule has 8 heteroatoms. The Morgan fingerprint density at radius 1 is 0.967 bits per heavy atom. The zero-order chi connectivity index (χ0) is 21.1. The maximum atomic E-state index is 12.5. The molecular formula is C22H20N4O2S2. The van der Waals surface area contributed by atoms with Crippen LogP contribution in [-0.2, 0) is 16.4 Å². The van der Waals surface area contributed by atoms with Crippen LogP contribution in [0.25, 0.3) is 17.1 Å². The van der Waals surface area contributed by atoms with Gasteiger partial charge in [-0.3, -0.25) is 14.4 Å². The fraction of sp³-hybridized carbons (Fsp3) is 0.0909.